The Balaban J connectivity index is 1.74. The fourth-order valence-corrected chi connectivity index (χ4v) is 4.06. The topological polar surface area (TPSA) is 120 Å². The molecule has 3 rings (SSSR count). The molecule has 34 heavy (non-hydrogen) atoms. The molecular weight excluding hydrogens is 480 g/mol. The van der Waals surface area contributed by atoms with E-state index >= 15 is 0 Å². The van der Waals surface area contributed by atoms with Crippen molar-refractivity contribution in [3.05, 3.63) is 69.7 Å². The molecule has 1 unspecified atom stereocenters. The monoisotopic (exact) mass is 505 g/mol. The molecule has 0 aromatic heterocycles. The Labute approximate surface area is 208 Å². The Hall–Kier alpha value is -2.59. The van der Waals surface area contributed by atoms with Crippen molar-refractivity contribution in [3.8, 4) is 0 Å². The Kier molecular flexibility index (Phi) is 8.59. The van der Waals surface area contributed by atoms with Crippen LogP contribution >= 0.6 is 23.2 Å². The van der Waals surface area contributed by atoms with Gasteiger partial charge in [0, 0.05) is 17.9 Å². The van der Waals surface area contributed by atoms with Crippen molar-refractivity contribution >= 4 is 47.8 Å². The quantitative estimate of drug-likeness (QED) is 0.390. The lowest BCUT2D eigenvalue weighted by Gasteiger charge is -2.29. The number of benzene rings is 2. The van der Waals surface area contributed by atoms with Crippen LogP contribution in [0.4, 0.5) is 0 Å². The summed E-state index contributed by atoms with van der Waals surface area (Å²) in [5.41, 5.74) is 0.105. The highest BCUT2D eigenvalue weighted by Crippen LogP contribution is 2.29. The van der Waals surface area contributed by atoms with E-state index in [1.54, 1.807) is 19.9 Å². The molecule has 4 N–H and O–H groups in total. The highest BCUT2D eigenvalue weighted by atomic mass is 35.5. The van der Waals surface area contributed by atoms with Gasteiger partial charge in [0.25, 0.3) is 11.8 Å². The van der Waals surface area contributed by atoms with Gasteiger partial charge in [-0.05, 0) is 29.7 Å². The number of rotatable bonds is 9. The molecule has 180 valence electrons. The summed E-state index contributed by atoms with van der Waals surface area (Å²) in [5, 5.41) is 29.5. The number of halogens is 2. The van der Waals surface area contributed by atoms with E-state index in [1.807, 2.05) is 30.3 Å². The van der Waals surface area contributed by atoms with Crippen LogP contribution in [0.25, 0.3) is 0 Å². The average molecular weight is 506 g/mol. The van der Waals surface area contributed by atoms with E-state index in [-0.39, 0.29) is 35.9 Å². The van der Waals surface area contributed by atoms with E-state index in [0.29, 0.717) is 10.7 Å². The van der Waals surface area contributed by atoms with Gasteiger partial charge in [-0.25, -0.2) is 0 Å². The zero-order valence-corrected chi connectivity index (χ0v) is 20.3. The molecule has 0 aliphatic carbocycles. The average Bonchev–Trinajstić information content (AvgIpc) is 3.21. The number of oxime groups is 1. The van der Waals surface area contributed by atoms with Gasteiger partial charge in [0.05, 0.1) is 28.8 Å². The lowest BCUT2D eigenvalue weighted by Crippen LogP contribution is -2.57. The first kappa shape index (κ1) is 26.0. The number of nitrogens with one attached hydrogen (secondary N) is 2. The van der Waals surface area contributed by atoms with E-state index in [9.17, 15) is 19.6 Å². The molecule has 11 heteroatoms. The lowest BCUT2D eigenvalue weighted by molar-refractivity contribution is -0.144. The second kappa shape index (κ2) is 11.2. The standard InChI is InChI=1S/C23H26BCl2N3O5/c1-14(2)20(24(32)33)28-22(31)23(11-15-6-4-3-5-7-15)12-17(29-34-23)13-27-21(30)18-10-16(25)8-9-19(18)26/h3-10,14,20,32-33H,11-13H2,1-2H3,(H,27,30)(H,28,31)/t20-,23?/m0/s1. The summed E-state index contributed by atoms with van der Waals surface area (Å²) >= 11 is 12.1. The van der Waals surface area contributed by atoms with E-state index in [0.717, 1.165) is 5.56 Å². The maximum Gasteiger partial charge on any atom is 0.475 e. The van der Waals surface area contributed by atoms with Crippen molar-refractivity contribution in [1.29, 1.82) is 0 Å². The molecular formula is C23H26BCl2N3O5. The molecule has 2 atom stereocenters. The SMILES string of the molecule is CC(C)[C@H](NC(=O)C1(Cc2ccccc2)CC(CNC(=O)c2cc(Cl)ccc2Cl)=NO1)B(O)O. The molecule has 0 bridgehead atoms. The van der Waals surface area contributed by atoms with Crippen LogP contribution in [0.2, 0.25) is 10.0 Å². The molecule has 0 fully saturated rings. The first-order valence-electron chi connectivity index (χ1n) is 10.8. The first-order chi connectivity index (χ1) is 16.1. The minimum Gasteiger partial charge on any atom is -0.426 e. The third-order valence-corrected chi connectivity index (χ3v) is 6.11. The molecule has 2 amide bonds. The van der Waals surface area contributed by atoms with Crippen LogP contribution in [0.15, 0.2) is 53.7 Å². The second-order valence-corrected chi connectivity index (χ2v) is 9.39. The highest BCUT2D eigenvalue weighted by Gasteiger charge is 2.48. The maximum absolute atomic E-state index is 13.3. The van der Waals surface area contributed by atoms with Crippen LogP contribution in [0, 0.1) is 5.92 Å². The zero-order valence-electron chi connectivity index (χ0n) is 18.8. The Morgan fingerprint density at radius 3 is 2.53 bits per heavy atom. The number of carbonyl (C=O) groups is 2. The van der Waals surface area contributed by atoms with Gasteiger partial charge >= 0.3 is 7.12 Å². The van der Waals surface area contributed by atoms with Crippen molar-refractivity contribution in [2.75, 3.05) is 6.54 Å². The van der Waals surface area contributed by atoms with Crippen molar-refractivity contribution in [1.82, 2.24) is 10.6 Å². The molecule has 1 aliphatic rings. The van der Waals surface area contributed by atoms with Gasteiger partial charge in [0.2, 0.25) is 5.60 Å². The Bertz CT molecular complexity index is 1060. The summed E-state index contributed by atoms with van der Waals surface area (Å²) < 4.78 is 0. The van der Waals surface area contributed by atoms with Crippen molar-refractivity contribution in [2.24, 2.45) is 11.1 Å². The van der Waals surface area contributed by atoms with Crippen LogP contribution in [0.3, 0.4) is 0 Å². The van der Waals surface area contributed by atoms with Gasteiger partial charge in [-0.15, -0.1) is 0 Å². The van der Waals surface area contributed by atoms with Crippen LogP contribution in [-0.4, -0.2) is 52.8 Å². The summed E-state index contributed by atoms with van der Waals surface area (Å²) in [6.07, 6.45) is 0.302. The van der Waals surface area contributed by atoms with Gasteiger partial charge in [-0.1, -0.05) is 72.5 Å². The molecule has 0 saturated carbocycles. The summed E-state index contributed by atoms with van der Waals surface area (Å²) in [6, 6.07) is 13.9. The second-order valence-electron chi connectivity index (χ2n) is 8.55. The van der Waals surface area contributed by atoms with E-state index in [4.69, 9.17) is 28.0 Å². The summed E-state index contributed by atoms with van der Waals surface area (Å²) in [4.78, 5) is 31.6. The maximum atomic E-state index is 13.3. The van der Waals surface area contributed by atoms with Crippen LogP contribution in [0.1, 0.15) is 36.2 Å². The number of nitrogens with zero attached hydrogens (tertiary/aromatic N) is 1. The van der Waals surface area contributed by atoms with Crippen molar-refractivity contribution in [3.63, 3.8) is 0 Å². The van der Waals surface area contributed by atoms with E-state index in [2.05, 4.69) is 15.8 Å². The molecule has 2 aromatic carbocycles. The number of hydrogen-bond acceptors (Lipinski definition) is 6. The molecule has 0 spiro atoms. The van der Waals surface area contributed by atoms with Gasteiger partial charge in [0.15, 0.2) is 0 Å². The minimum atomic E-state index is -1.73. The Morgan fingerprint density at radius 1 is 1.18 bits per heavy atom. The van der Waals surface area contributed by atoms with Crippen molar-refractivity contribution in [2.45, 2.75) is 38.2 Å². The smallest absolute Gasteiger partial charge is 0.426 e. The number of carbonyl (C=O) groups excluding carboxylic acids is 2. The fraction of sp³-hybridized carbons (Fsp3) is 0.348. The minimum absolute atomic E-state index is 0.0295. The molecule has 0 saturated heterocycles. The molecule has 2 aromatic rings. The lowest BCUT2D eigenvalue weighted by atomic mass is 9.72. The molecule has 1 heterocycles. The predicted molar refractivity (Wildman–Crippen MR) is 132 cm³/mol. The largest absolute Gasteiger partial charge is 0.475 e. The predicted octanol–water partition coefficient (Wildman–Crippen LogP) is 2.63. The molecule has 1 aliphatic heterocycles. The fourth-order valence-electron chi connectivity index (χ4n) is 3.68. The van der Waals surface area contributed by atoms with Crippen LogP contribution < -0.4 is 10.6 Å². The van der Waals surface area contributed by atoms with Gasteiger partial charge < -0.3 is 25.5 Å². The summed E-state index contributed by atoms with van der Waals surface area (Å²) in [5.74, 6) is -2.09. The highest BCUT2D eigenvalue weighted by molar-refractivity contribution is 6.43. The number of amides is 2. The van der Waals surface area contributed by atoms with E-state index in [1.165, 1.54) is 12.1 Å². The van der Waals surface area contributed by atoms with Crippen LogP contribution in [0.5, 0.6) is 0 Å². The summed E-state index contributed by atoms with van der Waals surface area (Å²) in [7, 11) is -1.73. The zero-order chi connectivity index (χ0) is 24.9. The third kappa shape index (κ3) is 6.30. The van der Waals surface area contributed by atoms with Crippen molar-refractivity contribution < 1.29 is 24.5 Å². The van der Waals surface area contributed by atoms with Crippen LogP contribution in [-0.2, 0) is 16.1 Å². The third-order valence-electron chi connectivity index (χ3n) is 5.55. The van der Waals surface area contributed by atoms with Gasteiger partial charge in [-0.3, -0.25) is 9.59 Å². The van der Waals surface area contributed by atoms with E-state index < -0.39 is 30.5 Å². The Morgan fingerprint density at radius 2 is 1.88 bits per heavy atom. The normalized spacial score (nSPS) is 18.1. The van der Waals surface area contributed by atoms with Gasteiger partial charge in [-0.2, -0.15) is 0 Å². The molecule has 8 nitrogen and oxygen atoms in total. The first-order valence-corrected chi connectivity index (χ1v) is 11.5. The number of hydrogen-bond donors (Lipinski definition) is 4. The molecule has 0 radical (unpaired) electrons. The van der Waals surface area contributed by atoms with Gasteiger partial charge in [0.1, 0.15) is 0 Å². The summed E-state index contributed by atoms with van der Waals surface area (Å²) in [6.45, 7) is 3.56.